The average molecular weight is 559 g/mol. The maximum absolute atomic E-state index is 11.9. The van der Waals surface area contributed by atoms with E-state index in [2.05, 4.69) is 131 Å². The molecule has 2 rings (SSSR count). The maximum Gasteiger partial charge on any atom is 0.0950 e. The highest BCUT2D eigenvalue weighted by atomic mass is 16.3. The van der Waals surface area contributed by atoms with Gasteiger partial charge in [0.25, 0.3) is 0 Å². The summed E-state index contributed by atoms with van der Waals surface area (Å²) in [7, 11) is 0. The van der Waals surface area contributed by atoms with E-state index in [4.69, 9.17) is 0 Å². The molecular formula is C38H58N2O. The molecule has 3 heteroatoms. The molecule has 0 bridgehead atoms. The topological polar surface area (TPSA) is 41.5 Å². The minimum atomic E-state index is -0.369. The summed E-state index contributed by atoms with van der Waals surface area (Å²) in [5.41, 5.74) is 4.82. The van der Waals surface area contributed by atoms with Crippen molar-refractivity contribution in [3.63, 3.8) is 0 Å². The van der Waals surface area contributed by atoms with Gasteiger partial charge in [0.2, 0.25) is 0 Å². The van der Waals surface area contributed by atoms with Crippen molar-refractivity contribution in [1.29, 1.82) is 0 Å². The number of nitroso groups, excluding NO2 is 1. The largest absolute Gasteiger partial charge is 0.314 e. The Bertz CT molecular complexity index is 992. The maximum atomic E-state index is 11.9. The molecule has 0 radical (unpaired) electrons. The van der Waals surface area contributed by atoms with Crippen molar-refractivity contribution in [3.05, 3.63) is 100 Å². The minimum Gasteiger partial charge on any atom is -0.314 e. The Kier molecular flexibility index (Phi) is 22.0. The van der Waals surface area contributed by atoms with E-state index in [0.717, 1.165) is 51.5 Å². The van der Waals surface area contributed by atoms with Crippen molar-refractivity contribution >= 4 is 0 Å². The number of nitrogens with zero attached hydrogens (tertiary/aromatic N) is 1. The summed E-state index contributed by atoms with van der Waals surface area (Å²) in [4.78, 5) is 11.9. The van der Waals surface area contributed by atoms with Gasteiger partial charge in [-0.2, -0.15) is 4.91 Å². The van der Waals surface area contributed by atoms with Crippen LogP contribution in [0.4, 0.5) is 0 Å². The van der Waals surface area contributed by atoms with Crippen LogP contribution < -0.4 is 5.32 Å². The number of allylic oxidation sites excluding steroid dienone is 9. The molecule has 3 atom stereocenters. The van der Waals surface area contributed by atoms with E-state index in [-0.39, 0.29) is 12.0 Å². The second-order valence-electron chi connectivity index (χ2n) is 10.6. The number of unbranched alkanes of at least 4 members (excludes halogenated alkanes) is 1. The first-order chi connectivity index (χ1) is 20.0. The van der Waals surface area contributed by atoms with Crippen molar-refractivity contribution < 1.29 is 0 Å². The second kappa shape index (κ2) is 23.7. The van der Waals surface area contributed by atoms with Crippen LogP contribution in [0.1, 0.15) is 105 Å². The molecule has 0 saturated heterocycles. The number of hydrogen-bond donors (Lipinski definition) is 1. The molecule has 3 unspecified atom stereocenters. The van der Waals surface area contributed by atoms with Crippen molar-refractivity contribution in [1.82, 2.24) is 5.32 Å². The van der Waals surface area contributed by atoms with Crippen LogP contribution >= 0.6 is 0 Å². The van der Waals surface area contributed by atoms with Gasteiger partial charge in [-0.3, -0.25) is 0 Å². The fraction of sp³-hybridized carbons (Fsp3) is 0.526. The SMILES string of the molecule is C#C.C/C=C(\C=C/CC)C(CN=O)(c1ccccc1)C1CCC(NCCCC(/C=C\C=C(C)C)=C/CCC)C1.CC. The first-order valence-corrected chi connectivity index (χ1v) is 15.8. The molecular weight excluding hydrogens is 500 g/mol. The Balaban J connectivity index is 0.00000382. The van der Waals surface area contributed by atoms with Crippen LogP contribution in [0.2, 0.25) is 0 Å². The Morgan fingerprint density at radius 2 is 1.80 bits per heavy atom. The lowest BCUT2D eigenvalue weighted by Crippen LogP contribution is -2.40. The molecule has 1 aliphatic carbocycles. The van der Waals surface area contributed by atoms with Crippen molar-refractivity contribution in [3.8, 4) is 12.8 Å². The molecule has 1 aromatic rings. The van der Waals surface area contributed by atoms with Crippen molar-refractivity contribution in [2.45, 2.75) is 111 Å². The smallest absolute Gasteiger partial charge is 0.0950 e. The highest BCUT2D eigenvalue weighted by Gasteiger charge is 2.46. The predicted molar refractivity (Wildman–Crippen MR) is 183 cm³/mol. The van der Waals surface area contributed by atoms with Crippen molar-refractivity contribution in [2.75, 3.05) is 13.1 Å². The van der Waals surface area contributed by atoms with Crippen LogP contribution in [-0.2, 0) is 5.41 Å². The molecule has 226 valence electrons. The van der Waals surface area contributed by atoms with E-state index in [1.807, 2.05) is 13.8 Å². The Morgan fingerprint density at radius 3 is 2.39 bits per heavy atom. The summed E-state index contributed by atoms with van der Waals surface area (Å²) in [5.74, 6) is 0.379. The minimum absolute atomic E-state index is 0.283. The molecule has 1 aromatic carbocycles. The van der Waals surface area contributed by atoms with E-state index in [1.54, 1.807) is 0 Å². The number of hydrogen-bond acceptors (Lipinski definition) is 3. The third-order valence-corrected chi connectivity index (χ3v) is 7.60. The number of rotatable bonds is 16. The van der Waals surface area contributed by atoms with E-state index >= 15 is 0 Å². The fourth-order valence-corrected chi connectivity index (χ4v) is 5.69. The van der Waals surface area contributed by atoms with E-state index in [0.29, 0.717) is 12.0 Å². The lowest BCUT2D eigenvalue weighted by atomic mass is 9.64. The molecule has 1 saturated carbocycles. The molecule has 41 heavy (non-hydrogen) atoms. The Morgan fingerprint density at radius 1 is 1.10 bits per heavy atom. The Hall–Kier alpha value is -2.96. The van der Waals surface area contributed by atoms with Gasteiger partial charge in [-0.25, -0.2) is 0 Å². The lowest BCUT2D eigenvalue weighted by Gasteiger charge is -2.39. The molecule has 0 aromatic heterocycles. The molecule has 0 aliphatic heterocycles. The lowest BCUT2D eigenvalue weighted by molar-refractivity contribution is 0.323. The predicted octanol–water partition coefficient (Wildman–Crippen LogP) is 10.7. The first-order valence-electron chi connectivity index (χ1n) is 15.8. The van der Waals surface area contributed by atoms with Crippen LogP contribution in [0, 0.1) is 23.7 Å². The molecule has 0 heterocycles. The van der Waals surface area contributed by atoms with Gasteiger partial charge < -0.3 is 5.32 Å². The molecule has 1 aliphatic rings. The molecule has 1 N–H and O–H groups in total. The summed E-state index contributed by atoms with van der Waals surface area (Å²) >= 11 is 0. The van der Waals surface area contributed by atoms with Gasteiger partial charge in [0.1, 0.15) is 0 Å². The summed E-state index contributed by atoms with van der Waals surface area (Å²) in [6, 6.07) is 11.1. The van der Waals surface area contributed by atoms with Crippen LogP contribution in [0.3, 0.4) is 0 Å². The monoisotopic (exact) mass is 558 g/mol. The summed E-state index contributed by atoms with van der Waals surface area (Å²) in [6.45, 7) is 16.1. The zero-order chi connectivity index (χ0) is 30.9. The second-order valence-corrected chi connectivity index (χ2v) is 10.6. The van der Waals surface area contributed by atoms with Crippen LogP contribution in [0.25, 0.3) is 0 Å². The highest BCUT2D eigenvalue weighted by molar-refractivity contribution is 5.44. The third kappa shape index (κ3) is 13.0. The van der Waals surface area contributed by atoms with E-state index in [1.165, 1.54) is 28.7 Å². The third-order valence-electron chi connectivity index (χ3n) is 7.60. The molecule has 1 fully saturated rings. The van der Waals surface area contributed by atoms with Gasteiger partial charge in [0.15, 0.2) is 0 Å². The van der Waals surface area contributed by atoms with Gasteiger partial charge in [-0.05, 0) is 89.3 Å². The van der Waals surface area contributed by atoms with Gasteiger partial charge in [0.05, 0.1) is 6.54 Å². The number of terminal acetylenes is 1. The Labute approximate surface area is 253 Å². The van der Waals surface area contributed by atoms with Crippen LogP contribution in [-0.4, -0.2) is 19.1 Å². The molecule has 0 spiro atoms. The normalized spacial score (nSPS) is 18.7. The summed E-state index contributed by atoms with van der Waals surface area (Å²) < 4.78 is 0. The molecule has 0 amide bonds. The summed E-state index contributed by atoms with van der Waals surface area (Å²) in [6.07, 6.45) is 32.5. The first kappa shape index (κ1) is 38.0. The average Bonchev–Trinajstić information content (AvgIpc) is 3.49. The fourth-order valence-electron chi connectivity index (χ4n) is 5.69. The standard InChI is InChI=1S/C34H50N2O.C2H6.C2H2/c1-6-9-17-29(18-14-16-28(4)5)19-15-25-35-33-24-23-32(26-33)34(27-36-37,30(8-3)20-10-7-2)31-21-12-11-13-22-31;2*1-2/h8,10-14,16-18,20-22,32-33,35H,6-7,9,15,19,23-27H2,1-5H3;1-2H3;1-2H/b18-14-,20-10-,29-17+,30-8+;;. The van der Waals surface area contributed by atoms with E-state index in [9.17, 15) is 4.91 Å². The van der Waals surface area contributed by atoms with E-state index < -0.39 is 0 Å². The van der Waals surface area contributed by atoms with Crippen molar-refractivity contribution in [2.24, 2.45) is 11.1 Å². The zero-order valence-corrected chi connectivity index (χ0v) is 27.2. The zero-order valence-electron chi connectivity index (χ0n) is 27.2. The van der Waals surface area contributed by atoms with Crippen LogP contribution in [0.15, 0.2) is 94.8 Å². The highest BCUT2D eigenvalue weighted by Crippen LogP contribution is 2.48. The molecule has 3 nitrogen and oxygen atoms in total. The van der Waals surface area contributed by atoms with Gasteiger partial charge >= 0.3 is 0 Å². The van der Waals surface area contributed by atoms with Gasteiger partial charge in [-0.15, -0.1) is 12.8 Å². The number of nitrogens with one attached hydrogen (secondary N) is 1. The van der Waals surface area contributed by atoms with Gasteiger partial charge in [0, 0.05) is 11.5 Å². The van der Waals surface area contributed by atoms with Gasteiger partial charge in [-0.1, -0.05) is 123 Å². The van der Waals surface area contributed by atoms with Crippen LogP contribution in [0.5, 0.6) is 0 Å². The quantitative estimate of drug-likeness (QED) is 0.0948. The number of benzene rings is 1. The summed E-state index contributed by atoms with van der Waals surface area (Å²) in [5, 5.41) is 7.38.